The van der Waals surface area contributed by atoms with Crippen LogP contribution in [0.15, 0.2) is 65.4 Å². The van der Waals surface area contributed by atoms with Crippen LogP contribution >= 0.6 is 15.9 Å². The van der Waals surface area contributed by atoms with Gasteiger partial charge >= 0.3 is 5.97 Å². The molecule has 32 heavy (non-hydrogen) atoms. The minimum Gasteiger partial charge on any atom is -0.476 e. The van der Waals surface area contributed by atoms with Crippen molar-refractivity contribution < 1.29 is 14.6 Å². The second-order valence-corrected chi connectivity index (χ2v) is 7.91. The van der Waals surface area contributed by atoms with Gasteiger partial charge in [-0.1, -0.05) is 48.5 Å². The molecule has 1 saturated heterocycles. The first-order valence-corrected chi connectivity index (χ1v) is 10.8. The quantitative estimate of drug-likeness (QED) is 0.436. The van der Waals surface area contributed by atoms with Crippen molar-refractivity contribution in [1.82, 2.24) is 9.97 Å². The lowest BCUT2D eigenvalue weighted by molar-refractivity contribution is 0.0693. The second kappa shape index (κ2) is 9.73. The fourth-order valence-corrected chi connectivity index (χ4v) is 4.10. The SMILES string of the molecule is N#Cc1ncc(Br)c2ccccc12.O=C(O)c1ncc(N2CCOCC2)c2ccccc12. The second-order valence-electron chi connectivity index (χ2n) is 7.05. The molecule has 0 spiro atoms. The number of carboxylic acid groups (broad SMARTS) is 1. The van der Waals surface area contributed by atoms with Gasteiger partial charge in [-0.15, -0.1) is 0 Å². The minimum absolute atomic E-state index is 0.104. The third kappa shape index (κ3) is 4.40. The lowest BCUT2D eigenvalue weighted by Gasteiger charge is -2.29. The van der Waals surface area contributed by atoms with E-state index in [1.165, 1.54) is 0 Å². The van der Waals surface area contributed by atoms with Crippen LogP contribution in [0.25, 0.3) is 21.5 Å². The summed E-state index contributed by atoms with van der Waals surface area (Å²) in [5, 5.41) is 21.5. The molecule has 0 unspecified atom stereocenters. The maximum absolute atomic E-state index is 11.2. The summed E-state index contributed by atoms with van der Waals surface area (Å²) in [7, 11) is 0. The molecule has 1 aliphatic heterocycles. The van der Waals surface area contributed by atoms with Gasteiger partial charge in [-0.3, -0.25) is 0 Å². The number of fused-ring (bicyclic) bond motifs is 2. The van der Waals surface area contributed by atoms with E-state index in [1.54, 1.807) is 18.5 Å². The van der Waals surface area contributed by atoms with Crippen molar-refractivity contribution in [2.75, 3.05) is 31.2 Å². The molecular formula is C24H19BrN4O3. The van der Waals surface area contributed by atoms with Crippen LogP contribution in [0.3, 0.4) is 0 Å². The predicted octanol–water partition coefficient (Wildman–Crippen LogP) is 4.64. The standard InChI is InChI=1S/C14H14N2O3.C10H5BrN2/c17-14(18)13-11-4-2-1-3-10(11)12(9-15-13)16-5-7-19-8-6-16;11-9-6-13-10(5-12)8-4-2-1-3-7(8)9/h1-4,9H,5-8H2,(H,17,18);1-4,6H. The minimum atomic E-state index is -0.996. The molecule has 3 heterocycles. The van der Waals surface area contributed by atoms with Gasteiger partial charge in [0.15, 0.2) is 5.69 Å². The maximum atomic E-state index is 11.2. The Morgan fingerprint density at radius 1 is 0.969 bits per heavy atom. The van der Waals surface area contributed by atoms with E-state index < -0.39 is 5.97 Å². The zero-order valence-electron chi connectivity index (χ0n) is 17.0. The fraction of sp³-hybridized carbons (Fsp3) is 0.167. The van der Waals surface area contributed by atoms with E-state index in [0.717, 1.165) is 39.4 Å². The summed E-state index contributed by atoms with van der Waals surface area (Å²) in [5.41, 5.74) is 1.55. The van der Waals surface area contributed by atoms with Crippen molar-refractivity contribution in [3.8, 4) is 6.07 Å². The van der Waals surface area contributed by atoms with Crippen molar-refractivity contribution in [3.05, 3.63) is 76.8 Å². The van der Waals surface area contributed by atoms with Crippen LogP contribution in [-0.2, 0) is 4.74 Å². The van der Waals surface area contributed by atoms with Gasteiger partial charge in [0, 0.05) is 45.3 Å². The van der Waals surface area contributed by atoms with Crippen LogP contribution in [0, 0.1) is 11.3 Å². The van der Waals surface area contributed by atoms with Gasteiger partial charge in [0.25, 0.3) is 0 Å². The van der Waals surface area contributed by atoms with Gasteiger partial charge in [0.1, 0.15) is 11.8 Å². The Balaban J connectivity index is 0.000000165. The molecule has 7 nitrogen and oxygen atoms in total. The summed E-state index contributed by atoms with van der Waals surface area (Å²) in [6, 6.07) is 17.2. The zero-order chi connectivity index (χ0) is 22.5. The van der Waals surface area contributed by atoms with Crippen molar-refractivity contribution in [2.24, 2.45) is 0 Å². The summed E-state index contributed by atoms with van der Waals surface area (Å²) >= 11 is 3.39. The third-order valence-electron chi connectivity index (χ3n) is 5.18. The average molecular weight is 491 g/mol. The van der Waals surface area contributed by atoms with Crippen LogP contribution in [0.2, 0.25) is 0 Å². The highest BCUT2D eigenvalue weighted by molar-refractivity contribution is 9.10. The Morgan fingerprint density at radius 3 is 2.25 bits per heavy atom. The number of benzene rings is 2. The van der Waals surface area contributed by atoms with Crippen LogP contribution < -0.4 is 4.90 Å². The van der Waals surface area contributed by atoms with E-state index >= 15 is 0 Å². The van der Waals surface area contributed by atoms with Crippen LogP contribution in [-0.4, -0.2) is 47.3 Å². The van der Waals surface area contributed by atoms with E-state index in [-0.39, 0.29) is 5.69 Å². The molecule has 1 aliphatic rings. The van der Waals surface area contributed by atoms with Crippen molar-refractivity contribution >= 4 is 49.1 Å². The average Bonchev–Trinajstić information content (AvgIpc) is 2.84. The molecule has 2 aromatic carbocycles. The molecule has 0 radical (unpaired) electrons. The number of nitrogens with zero attached hydrogens (tertiary/aromatic N) is 4. The number of aromatic carboxylic acids is 1. The number of rotatable bonds is 2. The Kier molecular flexibility index (Phi) is 6.59. The largest absolute Gasteiger partial charge is 0.476 e. The Bertz CT molecular complexity index is 1330. The summed E-state index contributed by atoms with van der Waals surface area (Å²) < 4.78 is 6.26. The first-order chi connectivity index (χ1) is 15.6. The van der Waals surface area contributed by atoms with Crippen molar-refractivity contribution in [1.29, 1.82) is 5.26 Å². The molecule has 0 bridgehead atoms. The molecule has 4 aromatic rings. The lowest BCUT2D eigenvalue weighted by atomic mass is 10.1. The number of hydrogen-bond donors (Lipinski definition) is 1. The number of halogens is 1. The number of pyridine rings is 2. The number of carboxylic acids is 1. The van der Waals surface area contributed by atoms with Crippen molar-refractivity contribution in [2.45, 2.75) is 0 Å². The summed E-state index contributed by atoms with van der Waals surface area (Å²) in [6.45, 7) is 2.99. The fourth-order valence-electron chi connectivity index (χ4n) is 3.65. The van der Waals surface area contributed by atoms with Gasteiger partial charge in [0.05, 0.1) is 25.1 Å². The molecule has 0 aliphatic carbocycles. The Morgan fingerprint density at radius 2 is 1.59 bits per heavy atom. The monoisotopic (exact) mass is 490 g/mol. The molecule has 5 rings (SSSR count). The van der Waals surface area contributed by atoms with E-state index in [9.17, 15) is 9.90 Å². The summed E-state index contributed by atoms with van der Waals surface area (Å²) in [5.74, 6) is -0.996. The normalized spacial score (nSPS) is 13.3. The van der Waals surface area contributed by atoms with Crippen LogP contribution in [0.5, 0.6) is 0 Å². The molecule has 0 atom stereocenters. The lowest BCUT2D eigenvalue weighted by Crippen LogP contribution is -2.36. The molecule has 160 valence electrons. The smallest absolute Gasteiger partial charge is 0.355 e. The van der Waals surface area contributed by atoms with E-state index in [0.29, 0.717) is 24.3 Å². The van der Waals surface area contributed by atoms with Crippen molar-refractivity contribution in [3.63, 3.8) is 0 Å². The number of hydrogen-bond acceptors (Lipinski definition) is 6. The Hall–Kier alpha value is -3.54. The molecule has 0 amide bonds. The highest BCUT2D eigenvalue weighted by Gasteiger charge is 2.18. The van der Waals surface area contributed by atoms with Gasteiger partial charge in [-0.2, -0.15) is 5.26 Å². The number of ether oxygens (including phenoxy) is 1. The predicted molar refractivity (Wildman–Crippen MR) is 126 cm³/mol. The number of carbonyl (C=O) groups is 1. The number of anilines is 1. The molecule has 2 aromatic heterocycles. The van der Waals surface area contributed by atoms with E-state index in [4.69, 9.17) is 10.00 Å². The highest BCUT2D eigenvalue weighted by atomic mass is 79.9. The number of aromatic nitrogens is 2. The Labute approximate surface area is 193 Å². The van der Waals surface area contributed by atoms with Gasteiger partial charge in [-0.05, 0) is 15.9 Å². The first-order valence-electron chi connectivity index (χ1n) is 9.97. The maximum Gasteiger partial charge on any atom is 0.355 e. The number of morpholine rings is 1. The summed E-state index contributed by atoms with van der Waals surface area (Å²) in [6.07, 6.45) is 3.30. The van der Waals surface area contributed by atoms with Gasteiger partial charge < -0.3 is 14.7 Å². The molecule has 8 heteroatoms. The highest BCUT2D eigenvalue weighted by Crippen LogP contribution is 2.28. The van der Waals surface area contributed by atoms with E-state index in [1.807, 2.05) is 42.5 Å². The third-order valence-corrected chi connectivity index (χ3v) is 5.81. The zero-order valence-corrected chi connectivity index (χ0v) is 18.6. The van der Waals surface area contributed by atoms with Crippen LogP contribution in [0.1, 0.15) is 16.2 Å². The molecule has 1 N–H and O–H groups in total. The molecular weight excluding hydrogens is 472 g/mol. The molecule has 1 fully saturated rings. The first kappa shape index (κ1) is 21.7. The molecule has 0 saturated carbocycles. The van der Waals surface area contributed by atoms with Gasteiger partial charge in [0.2, 0.25) is 0 Å². The van der Waals surface area contributed by atoms with Gasteiger partial charge in [-0.25, -0.2) is 14.8 Å². The number of nitriles is 1. The summed E-state index contributed by atoms with van der Waals surface area (Å²) in [4.78, 5) is 21.5. The van der Waals surface area contributed by atoms with E-state index in [2.05, 4.69) is 36.9 Å². The van der Waals surface area contributed by atoms with Crippen LogP contribution in [0.4, 0.5) is 5.69 Å². The topological polar surface area (TPSA) is 99.3 Å².